The van der Waals surface area contributed by atoms with Gasteiger partial charge in [0.25, 0.3) is 5.91 Å². The highest BCUT2D eigenvalue weighted by Crippen LogP contribution is 2.49. The van der Waals surface area contributed by atoms with Crippen molar-refractivity contribution in [1.29, 1.82) is 0 Å². The average molecular weight is 371 g/mol. The van der Waals surface area contributed by atoms with E-state index in [1.54, 1.807) is 29.2 Å². The van der Waals surface area contributed by atoms with Gasteiger partial charge in [-0.3, -0.25) is 4.79 Å². The maximum atomic E-state index is 12.4. The van der Waals surface area contributed by atoms with E-state index in [9.17, 15) is 9.59 Å². The fraction of sp³-hybridized carbons (Fsp3) is 0.619. The summed E-state index contributed by atoms with van der Waals surface area (Å²) in [6, 6.07) is 6.92. The van der Waals surface area contributed by atoms with Gasteiger partial charge in [-0.05, 0) is 67.7 Å². The molecular formula is C21H29N3O3. The lowest BCUT2D eigenvalue weighted by Crippen LogP contribution is -2.40. The number of hydrogen-bond donors (Lipinski definition) is 2. The maximum Gasteiger partial charge on any atom is 0.319 e. The predicted molar refractivity (Wildman–Crippen MR) is 104 cm³/mol. The molecule has 146 valence electrons. The number of urea groups is 1. The maximum absolute atomic E-state index is 12.4. The molecule has 1 heterocycles. The number of nitrogens with one attached hydrogen (secondary N) is 2. The summed E-state index contributed by atoms with van der Waals surface area (Å²) in [4.78, 5) is 26.3. The molecule has 3 fully saturated rings. The minimum Gasteiger partial charge on any atom is -0.378 e. The van der Waals surface area contributed by atoms with Crippen LogP contribution in [-0.2, 0) is 4.74 Å². The van der Waals surface area contributed by atoms with Gasteiger partial charge in [0.2, 0.25) is 0 Å². The van der Waals surface area contributed by atoms with Gasteiger partial charge in [-0.25, -0.2) is 4.79 Å². The zero-order chi connectivity index (χ0) is 18.6. The van der Waals surface area contributed by atoms with Gasteiger partial charge in [0, 0.05) is 30.9 Å². The van der Waals surface area contributed by atoms with E-state index in [0.717, 1.165) is 30.7 Å². The monoisotopic (exact) mass is 371 g/mol. The van der Waals surface area contributed by atoms with E-state index < -0.39 is 0 Å². The molecule has 3 atom stereocenters. The largest absolute Gasteiger partial charge is 0.378 e. The van der Waals surface area contributed by atoms with Gasteiger partial charge in [0.15, 0.2) is 0 Å². The Bertz CT molecular complexity index is 670. The van der Waals surface area contributed by atoms with Gasteiger partial charge >= 0.3 is 6.03 Å². The van der Waals surface area contributed by atoms with Crippen LogP contribution in [0.5, 0.6) is 0 Å². The number of benzene rings is 1. The Morgan fingerprint density at radius 1 is 1.07 bits per heavy atom. The molecule has 2 bridgehead atoms. The summed E-state index contributed by atoms with van der Waals surface area (Å²) >= 11 is 0. The molecule has 27 heavy (non-hydrogen) atoms. The number of morpholine rings is 1. The molecule has 6 nitrogen and oxygen atoms in total. The smallest absolute Gasteiger partial charge is 0.319 e. The van der Waals surface area contributed by atoms with Crippen LogP contribution in [0.15, 0.2) is 24.3 Å². The summed E-state index contributed by atoms with van der Waals surface area (Å²) in [5.41, 5.74) is 1.34. The minimum absolute atomic E-state index is 0.0140. The van der Waals surface area contributed by atoms with Gasteiger partial charge in [-0.15, -0.1) is 0 Å². The number of fused-ring (bicyclic) bond motifs is 2. The normalized spacial score (nSPS) is 26.8. The number of nitrogens with zero attached hydrogens (tertiary/aromatic N) is 1. The second kappa shape index (κ2) is 8.30. The minimum atomic E-state index is -0.176. The molecule has 1 aromatic rings. The predicted octanol–water partition coefficient (Wildman–Crippen LogP) is 3.11. The van der Waals surface area contributed by atoms with Crippen molar-refractivity contribution in [1.82, 2.24) is 10.2 Å². The molecule has 1 saturated heterocycles. The highest BCUT2D eigenvalue weighted by atomic mass is 16.5. The quantitative estimate of drug-likeness (QED) is 0.835. The van der Waals surface area contributed by atoms with Crippen LogP contribution in [0.4, 0.5) is 10.5 Å². The van der Waals surface area contributed by atoms with E-state index in [2.05, 4.69) is 10.6 Å². The lowest BCUT2D eigenvalue weighted by Gasteiger charge is -2.26. The van der Waals surface area contributed by atoms with E-state index in [-0.39, 0.29) is 11.9 Å². The van der Waals surface area contributed by atoms with E-state index in [4.69, 9.17) is 4.74 Å². The molecule has 2 N–H and O–H groups in total. The third kappa shape index (κ3) is 4.43. The van der Waals surface area contributed by atoms with E-state index >= 15 is 0 Å². The SMILES string of the molecule is O=C(NCC[C@@H]1C[C@H]2CC[C@H]1C2)Nc1ccc(C(=O)N2CCOCC2)cc1. The molecule has 1 aromatic carbocycles. The third-order valence-electron chi connectivity index (χ3n) is 6.37. The number of carbonyl (C=O) groups is 2. The first-order valence-electron chi connectivity index (χ1n) is 10.2. The van der Waals surface area contributed by atoms with E-state index in [1.165, 1.54) is 25.7 Å². The van der Waals surface area contributed by atoms with E-state index in [1.807, 2.05) is 0 Å². The van der Waals surface area contributed by atoms with Gasteiger partial charge in [0.1, 0.15) is 0 Å². The van der Waals surface area contributed by atoms with Gasteiger partial charge in [-0.2, -0.15) is 0 Å². The van der Waals surface area contributed by atoms with Gasteiger partial charge in [-0.1, -0.05) is 6.42 Å². The summed E-state index contributed by atoms with van der Waals surface area (Å²) in [6.45, 7) is 3.17. The Kier molecular flexibility index (Phi) is 5.62. The fourth-order valence-electron chi connectivity index (χ4n) is 4.92. The Balaban J connectivity index is 1.20. The van der Waals surface area contributed by atoms with Crippen LogP contribution in [-0.4, -0.2) is 49.7 Å². The fourth-order valence-corrected chi connectivity index (χ4v) is 4.92. The highest BCUT2D eigenvalue weighted by molar-refractivity contribution is 5.95. The van der Waals surface area contributed by atoms with Crippen molar-refractivity contribution in [2.75, 3.05) is 38.2 Å². The first-order chi connectivity index (χ1) is 13.2. The van der Waals surface area contributed by atoms with Crippen LogP contribution in [0, 0.1) is 17.8 Å². The third-order valence-corrected chi connectivity index (χ3v) is 6.37. The molecule has 0 unspecified atom stereocenters. The number of rotatable bonds is 5. The average Bonchev–Trinajstić information content (AvgIpc) is 3.32. The number of amides is 3. The summed E-state index contributed by atoms with van der Waals surface area (Å²) in [7, 11) is 0. The molecule has 0 radical (unpaired) electrons. The highest BCUT2D eigenvalue weighted by Gasteiger charge is 2.38. The Labute approximate surface area is 160 Å². The first kappa shape index (κ1) is 18.3. The second-order valence-corrected chi connectivity index (χ2v) is 8.09. The topological polar surface area (TPSA) is 70.7 Å². The number of hydrogen-bond acceptors (Lipinski definition) is 3. The van der Waals surface area contributed by atoms with Crippen molar-refractivity contribution in [3.8, 4) is 0 Å². The van der Waals surface area contributed by atoms with Crippen LogP contribution in [0.1, 0.15) is 42.5 Å². The summed E-state index contributed by atoms with van der Waals surface area (Å²) in [5, 5.41) is 5.82. The second-order valence-electron chi connectivity index (χ2n) is 8.09. The van der Waals surface area contributed by atoms with E-state index in [0.29, 0.717) is 37.6 Å². The molecule has 2 saturated carbocycles. The van der Waals surface area contributed by atoms with Crippen molar-refractivity contribution in [3.05, 3.63) is 29.8 Å². The molecule has 4 rings (SSSR count). The van der Waals surface area contributed by atoms with Crippen LogP contribution in [0.25, 0.3) is 0 Å². The van der Waals surface area contributed by atoms with Crippen molar-refractivity contribution < 1.29 is 14.3 Å². The van der Waals surface area contributed by atoms with Gasteiger partial charge < -0.3 is 20.3 Å². The Morgan fingerprint density at radius 3 is 2.52 bits per heavy atom. The molecule has 0 aromatic heterocycles. The van der Waals surface area contributed by atoms with Crippen LogP contribution in [0.3, 0.4) is 0 Å². The van der Waals surface area contributed by atoms with Crippen LogP contribution >= 0.6 is 0 Å². The van der Waals surface area contributed by atoms with Gasteiger partial charge in [0.05, 0.1) is 13.2 Å². The molecule has 0 spiro atoms. The first-order valence-corrected chi connectivity index (χ1v) is 10.2. The van der Waals surface area contributed by atoms with Crippen LogP contribution in [0.2, 0.25) is 0 Å². The molecular weight excluding hydrogens is 342 g/mol. The summed E-state index contributed by atoms with van der Waals surface area (Å²) in [5.74, 6) is 2.67. The van der Waals surface area contributed by atoms with Crippen molar-refractivity contribution in [2.24, 2.45) is 17.8 Å². The number of ether oxygens (including phenoxy) is 1. The molecule has 6 heteroatoms. The Hall–Kier alpha value is -2.08. The van der Waals surface area contributed by atoms with Crippen molar-refractivity contribution in [3.63, 3.8) is 0 Å². The molecule has 2 aliphatic carbocycles. The van der Waals surface area contributed by atoms with Crippen molar-refractivity contribution in [2.45, 2.75) is 32.1 Å². The number of carbonyl (C=O) groups excluding carboxylic acids is 2. The molecule has 3 aliphatic rings. The standard InChI is InChI=1S/C21H29N3O3/c25-20(24-9-11-27-12-10-24)16-3-5-19(6-4-16)23-21(26)22-8-7-18-14-15-1-2-17(18)13-15/h3-6,15,17-18H,1-2,7-14H2,(H2,22,23,26)/t15-,17-,18+/m0/s1. The molecule has 3 amide bonds. The van der Waals surface area contributed by atoms with Crippen molar-refractivity contribution >= 4 is 17.6 Å². The Morgan fingerprint density at radius 2 is 1.85 bits per heavy atom. The molecule has 1 aliphatic heterocycles. The number of anilines is 1. The summed E-state index contributed by atoms with van der Waals surface area (Å²) < 4.78 is 5.28. The lowest BCUT2D eigenvalue weighted by atomic mass is 9.86. The lowest BCUT2D eigenvalue weighted by molar-refractivity contribution is 0.0303. The zero-order valence-electron chi connectivity index (χ0n) is 15.8. The summed E-state index contributed by atoms with van der Waals surface area (Å²) in [6.07, 6.45) is 6.65. The van der Waals surface area contributed by atoms with Crippen LogP contribution < -0.4 is 10.6 Å². The zero-order valence-corrected chi connectivity index (χ0v) is 15.8.